The third-order valence-electron chi connectivity index (χ3n) is 3.54. The molecule has 0 radical (unpaired) electrons. The maximum Gasteiger partial charge on any atom is 0.165 e. The van der Waals surface area contributed by atoms with Crippen molar-refractivity contribution in [3.05, 3.63) is 53.7 Å². The number of aromatic nitrogens is 3. The van der Waals surface area contributed by atoms with Crippen LogP contribution in [0.25, 0.3) is 10.9 Å². The van der Waals surface area contributed by atoms with E-state index in [0.717, 1.165) is 28.0 Å². The number of para-hydroxylation sites is 1. The van der Waals surface area contributed by atoms with Crippen molar-refractivity contribution in [2.24, 2.45) is 7.05 Å². The van der Waals surface area contributed by atoms with Crippen LogP contribution in [0.1, 0.15) is 28.3 Å². The molecule has 3 aromatic rings. The van der Waals surface area contributed by atoms with E-state index in [1.165, 1.54) is 0 Å². The number of nitrogens with zero attached hydrogens (tertiary/aromatic N) is 2. The van der Waals surface area contributed by atoms with Crippen molar-refractivity contribution in [1.29, 1.82) is 0 Å². The Morgan fingerprint density at radius 3 is 2.90 bits per heavy atom. The second kappa shape index (κ2) is 4.96. The van der Waals surface area contributed by atoms with Gasteiger partial charge in [-0.15, -0.1) is 0 Å². The van der Waals surface area contributed by atoms with Gasteiger partial charge in [0, 0.05) is 54.4 Å². The molecule has 0 atom stereocenters. The maximum atomic E-state index is 12.4. The van der Waals surface area contributed by atoms with Gasteiger partial charge in [-0.3, -0.25) is 4.79 Å². The Bertz CT molecular complexity index is 767. The number of H-pyrrole nitrogens is 1. The molecule has 3 rings (SSSR count). The highest BCUT2D eigenvalue weighted by atomic mass is 16.1. The molecule has 4 heteroatoms. The molecular formula is C16H17N3O. The fourth-order valence-corrected chi connectivity index (χ4v) is 2.52. The Balaban J connectivity index is 1.82. The summed E-state index contributed by atoms with van der Waals surface area (Å²) < 4.78 is 2.00. The first kappa shape index (κ1) is 12.7. The molecular weight excluding hydrogens is 250 g/mol. The fourth-order valence-electron chi connectivity index (χ4n) is 2.52. The molecule has 0 bridgehead atoms. The largest absolute Gasteiger partial charge is 0.350 e. The van der Waals surface area contributed by atoms with Gasteiger partial charge in [0.1, 0.15) is 5.82 Å². The number of imidazole rings is 1. The Kier molecular flexibility index (Phi) is 3.14. The van der Waals surface area contributed by atoms with Crippen LogP contribution in [0.2, 0.25) is 0 Å². The minimum atomic E-state index is 0.163. The third kappa shape index (κ3) is 2.25. The second-order valence-corrected chi connectivity index (χ2v) is 5.11. The number of aryl methyl sites for hydroxylation is 3. The topological polar surface area (TPSA) is 50.7 Å². The van der Waals surface area contributed by atoms with Crippen LogP contribution in [0, 0.1) is 6.92 Å². The van der Waals surface area contributed by atoms with Crippen molar-refractivity contribution in [1.82, 2.24) is 14.5 Å². The smallest absolute Gasteiger partial charge is 0.165 e. The molecule has 0 fully saturated rings. The van der Waals surface area contributed by atoms with Crippen molar-refractivity contribution >= 4 is 16.7 Å². The predicted molar refractivity (Wildman–Crippen MR) is 78.9 cm³/mol. The average molecular weight is 267 g/mol. The second-order valence-electron chi connectivity index (χ2n) is 5.11. The summed E-state index contributed by atoms with van der Waals surface area (Å²) in [6, 6.07) is 7.98. The number of carbonyl (C=O) groups excluding carboxylic acids is 1. The van der Waals surface area contributed by atoms with Crippen LogP contribution in [0.15, 0.2) is 36.7 Å². The molecule has 0 aliphatic carbocycles. The van der Waals surface area contributed by atoms with E-state index in [4.69, 9.17) is 0 Å². The number of hydrogen-bond acceptors (Lipinski definition) is 2. The molecule has 0 spiro atoms. The lowest BCUT2D eigenvalue weighted by atomic mass is 10.1. The SMILES string of the molecule is Cc1cnc(CCC(=O)c2cn(C)c3ccccc23)[nH]1. The van der Waals surface area contributed by atoms with Crippen LogP contribution in [-0.2, 0) is 13.5 Å². The minimum Gasteiger partial charge on any atom is -0.350 e. The zero-order valence-electron chi connectivity index (χ0n) is 11.7. The van der Waals surface area contributed by atoms with Crippen LogP contribution >= 0.6 is 0 Å². The molecule has 102 valence electrons. The van der Waals surface area contributed by atoms with Crippen LogP contribution in [0.3, 0.4) is 0 Å². The first-order valence-corrected chi connectivity index (χ1v) is 6.73. The van der Waals surface area contributed by atoms with Gasteiger partial charge in [-0.1, -0.05) is 18.2 Å². The van der Waals surface area contributed by atoms with E-state index in [-0.39, 0.29) is 5.78 Å². The van der Waals surface area contributed by atoms with Crippen LogP contribution in [-0.4, -0.2) is 20.3 Å². The molecule has 2 aromatic heterocycles. The van der Waals surface area contributed by atoms with Gasteiger partial charge in [0.15, 0.2) is 5.78 Å². The van der Waals surface area contributed by atoms with Gasteiger partial charge < -0.3 is 9.55 Å². The third-order valence-corrected chi connectivity index (χ3v) is 3.54. The summed E-state index contributed by atoms with van der Waals surface area (Å²) >= 11 is 0. The molecule has 0 unspecified atom stereocenters. The summed E-state index contributed by atoms with van der Waals surface area (Å²) in [7, 11) is 1.97. The van der Waals surface area contributed by atoms with E-state index in [2.05, 4.69) is 9.97 Å². The molecule has 1 N–H and O–H groups in total. The highest BCUT2D eigenvalue weighted by Gasteiger charge is 2.13. The first-order chi connectivity index (χ1) is 9.65. The van der Waals surface area contributed by atoms with Gasteiger partial charge in [-0.2, -0.15) is 0 Å². The molecule has 0 amide bonds. The van der Waals surface area contributed by atoms with E-state index in [1.54, 1.807) is 6.20 Å². The van der Waals surface area contributed by atoms with Gasteiger partial charge in [-0.05, 0) is 13.0 Å². The van der Waals surface area contributed by atoms with Crippen molar-refractivity contribution in [3.63, 3.8) is 0 Å². The zero-order chi connectivity index (χ0) is 14.1. The van der Waals surface area contributed by atoms with Crippen molar-refractivity contribution in [2.75, 3.05) is 0 Å². The zero-order valence-corrected chi connectivity index (χ0v) is 11.7. The Morgan fingerprint density at radius 2 is 2.15 bits per heavy atom. The summed E-state index contributed by atoms with van der Waals surface area (Å²) in [6.07, 6.45) is 4.83. The molecule has 0 aliphatic heterocycles. The van der Waals surface area contributed by atoms with Crippen molar-refractivity contribution in [2.45, 2.75) is 19.8 Å². The number of benzene rings is 1. The van der Waals surface area contributed by atoms with E-state index in [1.807, 2.05) is 49.0 Å². The number of Topliss-reactive ketones (excluding diaryl/α,β-unsaturated/α-hetero) is 1. The quantitative estimate of drug-likeness (QED) is 0.739. The summed E-state index contributed by atoms with van der Waals surface area (Å²) in [4.78, 5) is 19.8. The Morgan fingerprint density at radius 1 is 1.35 bits per heavy atom. The monoisotopic (exact) mass is 267 g/mol. The molecule has 20 heavy (non-hydrogen) atoms. The van der Waals surface area contributed by atoms with Crippen LogP contribution in [0.4, 0.5) is 0 Å². The first-order valence-electron chi connectivity index (χ1n) is 6.73. The lowest BCUT2D eigenvalue weighted by Gasteiger charge is -1.98. The molecule has 1 aromatic carbocycles. The standard InChI is InChI=1S/C16H17N3O/c1-11-9-17-16(18-11)8-7-15(20)13-10-19(2)14-6-4-3-5-12(13)14/h3-6,9-10H,7-8H2,1-2H3,(H,17,18). The van der Waals surface area contributed by atoms with E-state index in [0.29, 0.717) is 12.8 Å². The lowest BCUT2D eigenvalue weighted by molar-refractivity contribution is 0.0983. The van der Waals surface area contributed by atoms with E-state index < -0.39 is 0 Å². The van der Waals surface area contributed by atoms with Gasteiger partial charge >= 0.3 is 0 Å². The number of ketones is 1. The summed E-state index contributed by atoms with van der Waals surface area (Å²) in [6.45, 7) is 1.96. The van der Waals surface area contributed by atoms with Crippen molar-refractivity contribution in [3.8, 4) is 0 Å². The predicted octanol–water partition coefficient (Wildman–Crippen LogP) is 3.03. The number of hydrogen-bond donors (Lipinski definition) is 1. The molecule has 2 heterocycles. The molecule has 0 aliphatic rings. The number of aromatic amines is 1. The lowest BCUT2D eigenvalue weighted by Crippen LogP contribution is -2.01. The number of carbonyl (C=O) groups is 1. The fraction of sp³-hybridized carbons (Fsp3) is 0.250. The van der Waals surface area contributed by atoms with Gasteiger partial charge in [0.25, 0.3) is 0 Å². The van der Waals surface area contributed by atoms with Crippen LogP contribution in [0.5, 0.6) is 0 Å². The Hall–Kier alpha value is -2.36. The Labute approximate surface area is 117 Å². The van der Waals surface area contributed by atoms with Crippen molar-refractivity contribution < 1.29 is 4.79 Å². The molecule has 4 nitrogen and oxygen atoms in total. The summed E-state index contributed by atoms with van der Waals surface area (Å²) in [5.41, 5.74) is 2.91. The van der Waals surface area contributed by atoms with E-state index >= 15 is 0 Å². The minimum absolute atomic E-state index is 0.163. The highest BCUT2D eigenvalue weighted by molar-refractivity contribution is 6.08. The van der Waals surface area contributed by atoms with Gasteiger partial charge in [0.2, 0.25) is 0 Å². The highest BCUT2D eigenvalue weighted by Crippen LogP contribution is 2.21. The number of fused-ring (bicyclic) bond motifs is 1. The molecule has 0 saturated carbocycles. The van der Waals surface area contributed by atoms with E-state index in [9.17, 15) is 4.79 Å². The maximum absolute atomic E-state index is 12.4. The normalized spacial score (nSPS) is 11.1. The van der Waals surface area contributed by atoms with Gasteiger partial charge in [-0.25, -0.2) is 4.98 Å². The number of nitrogens with one attached hydrogen (secondary N) is 1. The van der Waals surface area contributed by atoms with Crippen LogP contribution < -0.4 is 0 Å². The van der Waals surface area contributed by atoms with Gasteiger partial charge in [0.05, 0.1) is 0 Å². The number of rotatable bonds is 4. The molecule has 0 saturated heterocycles. The summed E-state index contributed by atoms with van der Waals surface area (Å²) in [5, 5.41) is 1.02. The summed E-state index contributed by atoms with van der Waals surface area (Å²) in [5.74, 6) is 1.03. The average Bonchev–Trinajstić information content (AvgIpc) is 3.01.